The second kappa shape index (κ2) is 35.2. The number of nitrogens with one attached hydrogen (secondary N) is 3. The number of aliphatic hydroxyl groups excluding tert-OH is 22. The highest BCUT2D eigenvalue weighted by Gasteiger charge is 2.59. The van der Waals surface area contributed by atoms with Gasteiger partial charge in [0.15, 0.2) is 44.0 Å². The van der Waals surface area contributed by atoms with E-state index < -0.39 is 303 Å². The van der Waals surface area contributed by atoms with Gasteiger partial charge in [-0.2, -0.15) is 0 Å². The second-order valence-corrected chi connectivity index (χ2v) is 24.4. The van der Waals surface area contributed by atoms with Gasteiger partial charge < -0.3 is 195 Å². The molecule has 3 amide bonds. The van der Waals surface area contributed by atoms with Crippen LogP contribution in [0.25, 0.3) is 0 Å². The summed E-state index contributed by atoms with van der Waals surface area (Å²) < 4.78 is 82.6. The van der Waals surface area contributed by atoms with E-state index in [2.05, 4.69) is 16.0 Å². The van der Waals surface area contributed by atoms with E-state index in [4.69, 9.17) is 66.3 Å². The van der Waals surface area contributed by atoms with Crippen LogP contribution in [0.1, 0.15) is 34.6 Å². The van der Waals surface area contributed by atoms with Crippen molar-refractivity contribution < 1.29 is 193 Å². The van der Waals surface area contributed by atoms with Crippen molar-refractivity contribution in [3.05, 3.63) is 0 Å². The standard InChI is InChI=1S/C54H93N3O39/c1-13-27(68)35(76)39(80)50(84-13)95-46-37(78)30(71)20(8-60)87-53(46)92-43-23(11-63)89-48(25(34(43)75)56-16(4)65)83-12-24-33(74)45(41(82)52(90-24)91-42(29(70)19(67)7-59)18(6-58)55-15(3)64)94-49-26(57-17(5)66)44(32(73)22(10-62)86-49)93-54-47(38(79)31(72)21(9-61)88-54)96-51-40(81)36(77)28(69)14(2)85-51/h13-14,18-54,58-63,67-82H,6-12H2,1-5H3,(H,55,64)(H,56,65)(H,57,66)/t13-,14-,18-,19+,20+,21+,22+,23+,24+,25+,26+,27+,28+,29-,30-,31-,32+,33-,34+,35+,36+,37-,38-,39-,40-,41+,42+,43+,44+,45-,46+,47+,48+,49-,50-,51-,52-,53-,54-/m0/s1. The quantitative estimate of drug-likeness (QED) is 0.0363. The van der Waals surface area contributed by atoms with Crippen LogP contribution in [0.15, 0.2) is 0 Å². The first-order valence-electron chi connectivity index (χ1n) is 30.8. The summed E-state index contributed by atoms with van der Waals surface area (Å²) >= 11 is 0. The number of ether oxygens (including phenoxy) is 14. The van der Waals surface area contributed by atoms with Gasteiger partial charge in [-0.05, 0) is 13.8 Å². The van der Waals surface area contributed by atoms with Crippen LogP contribution in [0, 0.1) is 0 Å². The average molecular weight is 1410 g/mol. The molecule has 7 fully saturated rings. The molecule has 25 N–H and O–H groups in total. The van der Waals surface area contributed by atoms with Gasteiger partial charge in [-0.3, -0.25) is 14.4 Å². The lowest BCUT2D eigenvalue weighted by Gasteiger charge is -2.51. The van der Waals surface area contributed by atoms with Crippen molar-refractivity contribution in [1.82, 2.24) is 16.0 Å². The summed E-state index contributed by atoms with van der Waals surface area (Å²) in [5.74, 6) is -2.74. The average Bonchev–Trinajstić information content (AvgIpc) is 0.775. The summed E-state index contributed by atoms with van der Waals surface area (Å²) in [7, 11) is 0. The molecule has 42 nitrogen and oxygen atoms in total. The molecule has 0 spiro atoms. The highest BCUT2D eigenvalue weighted by Crippen LogP contribution is 2.38. The van der Waals surface area contributed by atoms with Crippen LogP contribution in [-0.2, 0) is 80.7 Å². The molecule has 0 aromatic rings. The van der Waals surface area contributed by atoms with E-state index >= 15 is 0 Å². The zero-order valence-electron chi connectivity index (χ0n) is 52.2. The fourth-order valence-electron chi connectivity index (χ4n) is 12.0. The van der Waals surface area contributed by atoms with Gasteiger partial charge in [0.2, 0.25) is 17.7 Å². The molecular weight excluding hydrogens is 1310 g/mol. The van der Waals surface area contributed by atoms with Crippen molar-refractivity contribution in [2.45, 2.75) is 274 Å². The SMILES string of the molecule is CC(=O)N[C@H]1[C@H](OC[C@H]2O[C@@H](O[C@@H]([C@@H](O)[C@H](O)CO)[C@H](CO)NC(C)=O)[C@H](O)[C@@H](O[C@@H]3O[C@H](CO)[C@@H](O)[C@H](O[C@@H]4O[C@H](CO)[C@H](O)[C@H](O)[C@H]4O[C@@H]4O[C@@H](C)[C@@H](O)[C@@H](O)[C@@H]4O)[C@H]3NC(C)=O)[C@H]2O)O[C@H](CO)[C@@H](O[C@@H]2O[C@H](CO)[C@H](O)[C@H](O)[C@H]2O[C@@H]2O[C@@H](C)[C@@H](O)[C@@H](O)[C@@H]2O)[C@@H]1O. The molecule has 39 atom stereocenters. The lowest BCUT2D eigenvalue weighted by atomic mass is 9.94. The van der Waals surface area contributed by atoms with Gasteiger partial charge in [-0.15, -0.1) is 0 Å². The molecule has 0 saturated carbocycles. The van der Waals surface area contributed by atoms with Crippen LogP contribution in [0.2, 0.25) is 0 Å². The summed E-state index contributed by atoms with van der Waals surface area (Å²) in [5, 5.41) is 248. The van der Waals surface area contributed by atoms with Crippen LogP contribution in [0.3, 0.4) is 0 Å². The second-order valence-electron chi connectivity index (χ2n) is 24.4. The van der Waals surface area contributed by atoms with Crippen LogP contribution in [0.4, 0.5) is 0 Å². The molecule has 0 aromatic carbocycles. The van der Waals surface area contributed by atoms with E-state index in [-0.39, 0.29) is 0 Å². The molecule has 0 radical (unpaired) electrons. The molecule has 0 aromatic heterocycles. The first-order valence-corrected chi connectivity index (χ1v) is 30.8. The third-order valence-electron chi connectivity index (χ3n) is 17.4. The largest absolute Gasteiger partial charge is 0.394 e. The maximum Gasteiger partial charge on any atom is 0.217 e. The van der Waals surface area contributed by atoms with E-state index in [0.717, 1.165) is 20.8 Å². The monoisotopic (exact) mass is 1410 g/mol. The predicted octanol–water partition coefficient (Wildman–Crippen LogP) is -16.3. The molecule has 96 heavy (non-hydrogen) atoms. The summed E-state index contributed by atoms with van der Waals surface area (Å²) in [6.07, 6.45) is -71.3. The van der Waals surface area contributed by atoms with Crippen LogP contribution < -0.4 is 16.0 Å². The highest BCUT2D eigenvalue weighted by molar-refractivity contribution is 5.74. The van der Waals surface area contributed by atoms with Crippen LogP contribution in [0.5, 0.6) is 0 Å². The zero-order valence-corrected chi connectivity index (χ0v) is 52.2. The van der Waals surface area contributed by atoms with Crippen molar-refractivity contribution in [3.8, 4) is 0 Å². The molecular formula is C54H93N3O39. The maximum atomic E-state index is 13.2. The fraction of sp³-hybridized carbons (Fsp3) is 0.944. The molecule has 42 heteroatoms. The van der Waals surface area contributed by atoms with Gasteiger partial charge in [0.1, 0.15) is 177 Å². The van der Waals surface area contributed by atoms with Crippen molar-refractivity contribution in [2.24, 2.45) is 0 Å². The summed E-state index contributed by atoms with van der Waals surface area (Å²) in [6, 6.07) is -5.55. The third-order valence-corrected chi connectivity index (χ3v) is 17.4. The Kier molecular flexibility index (Phi) is 29.5. The molecule has 7 rings (SSSR count). The number of hydrogen-bond donors (Lipinski definition) is 25. The summed E-state index contributed by atoms with van der Waals surface area (Å²) in [6.45, 7) is -2.17. The summed E-state index contributed by atoms with van der Waals surface area (Å²) in [4.78, 5) is 38.5. The number of aliphatic hydroxyl groups is 22. The van der Waals surface area contributed by atoms with Crippen LogP contribution in [-0.4, -0.2) is 415 Å². The predicted molar refractivity (Wildman–Crippen MR) is 299 cm³/mol. The van der Waals surface area contributed by atoms with Crippen molar-refractivity contribution in [2.75, 3.05) is 46.2 Å². The first kappa shape index (κ1) is 80.3. The number of hydrogen-bond acceptors (Lipinski definition) is 39. The Balaban J connectivity index is 1.22. The third kappa shape index (κ3) is 18.1. The molecule has 0 bridgehead atoms. The van der Waals surface area contributed by atoms with Gasteiger partial charge in [0.05, 0.1) is 64.5 Å². The van der Waals surface area contributed by atoms with E-state index in [1.54, 1.807) is 0 Å². The number of rotatable bonds is 27. The van der Waals surface area contributed by atoms with Gasteiger partial charge in [-0.1, -0.05) is 0 Å². The van der Waals surface area contributed by atoms with E-state index in [1.807, 2.05) is 0 Å². The van der Waals surface area contributed by atoms with Gasteiger partial charge in [0.25, 0.3) is 0 Å². The smallest absolute Gasteiger partial charge is 0.217 e. The minimum Gasteiger partial charge on any atom is -0.394 e. The Morgan fingerprint density at radius 3 is 1.25 bits per heavy atom. The van der Waals surface area contributed by atoms with E-state index in [1.165, 1.54) is 13.8 Å². The van der Waals surface area contributed by atoms with Gasteiger partial charge in [0, 0.05) is 20.8 Å². The fourth-order valence-corrected chi connectivity index (χ4v) is 12.0. The Labute approximate surface area is 545 Å². The number of amides is 3. The topological polar surface area (TPSA) is 662 Å². The Morgan fingerprint density at radius 1 is 0.375 bits per heavy atom. The molecule has 0 aliphatic carbocycles. The number of carbonyl (C=O) groups excluding carboxylic acids is 3. The Hall–Kier alpha value is -3.03. The van der Waals surface area contributed by atoms with E-state index in [0.29, 0.717) is 0 Å². The van der Waals surface area contributed by atoms with Crippen molar-refractivity contribution in [3.63, 3.8) is 0 Å². The van der Waals surface area contributed by atoms with E-state index in [9.17, 15) is 127 Å². The minimum atomic E-state index is -2.46. The summed E-state index contributed by atoms with van der Waals surface area (Å²) in [5.41, 5.74) is 0. The van der Waals surface area contributed by atoms with Crippen molar-refractivity contribution >= 4 is 17.7 Å². The molecule has 7 aliphatic heterocycles. The zero-order chi connectivity index (χ0) is 71.2. The maximum absolute atomic E-state index is 13.2. The lowest BCUT2D eigenvalue weighted by Crippen LogP contribution is -2.70. The van der Waals surface area contributed by atoms with Gasteiger partial charge >= 0.3 is 0 Å². The molecule has 558 valence electrons. The van der Waals surface area contributed by atoms with Crippen LogP contribution >= 0.6 is 0 Å². The highest BCUT2D eigenvalue weighted by atomic mass is 16.8. The molecule has 7 saturated heterocycles. The lowest BCUT2D eigenvalue weighted by molar-refractivity contribution is -0.389. The molecule has 7 aliphatic rings. The van der Waals surface area contributed by atoms with Gasteiger partial charge in [-0.25, -0.2) is 0 Å². The first-order chi connectivity index (χ1) is 45.3. The number of carbonyl (C=O) groups is 3. The Bertz CT molecular complexity index is 2420. The molecule has 0 unspecified atom stereocenters. The minimum absolute atomic E-state index is 0.868. The van der Waals surface area contributed by atoms with Crippen molar-refractivity contribution in [1.29, 1.82) is 0 Å². The normalized spacial score (nSPS) is 46.8. The molecule has 7 heterocycles. The Morgan fingerprint density at radius 2 is 0.792 bits per heavy atom.